The van der Waals surface area contributed by atoms with Crippen LogP contribution in [0.1, 0.15) is 31.4 Å². The van der Waals surface area contributed by atoms with Gasteiger partial charge in [0.2, 0.25) is 11.8 Å². The van der Waals surface area contributed by atoms with Crippen LogP contribution in [-0.2, 0) is 26.2 Å². The molecule has 0 saturated carbocycles. The molecule has 0 aliphatic rings. The molecule has 0 aromatic heterocycles. The Morgan fingerprint density at radius 1 is 0.950 bits per heavy atom. The minimum Gasteiger partial charge on any atom is -0.495 e. The number of rotatable bonds is 12. The summed E-state index contributed by atoms with van der Waals surface area (Å²) in [5.41, 5.74) is 1.52. The molecule has 0 bridgehead atoms. The van der Waals surface area contributed by atoms with Crippen molar-refractivity contribution in [1.82, 2.24) is 10.2 Å². The Hall–Kier alpha value is -3.27. The lowest BCUT2D eigenvalue weighted by atomic mass is 10.1. The average Bonchev–Trinajstić information content (AvgIpc) is 2.93. The number of carbonyl (C=O) groups is 2. The number of halogens is 2. The molecule has 1 N–H and O–H groups in total. The van der Waals surface area contributed by atoms with Crippen LogP contribution < -0.4 is 14.4 Å². The fourth-order valence-corrected chi connectivity index (χ4v) is 6.19. The maximum absolute atomic E-state index is 14.1. The Labute approximate surface area is 245 Å². The zero-order valence-electron chi connectivity index (χ0n) is 22.9. The molecule has 1 atom stereocenters. The number of aryl methyl sites for hydroxylation is 1. The molecule has 0 aliphatic carbocycles. The first-order valence-electron chi connectivity index (χ1n) is 12.8. The summed E-state index contributed by atoms with van der Waals surface area (Å²) in [5.74, 6) is -0.718. The molecule has 11 heteroatoms. The van der Waals surface area contributed by atoms with Crippen molar-refractivity contribution in [3.05, 3.63) is 87.9 Å². The predicted octanol–water partition coefficient (Wildman–Crippen LogP) is 5.45. The molecule has 0 saturated heterocycles. The average molecular weight is 607 g/mol. The lowest BCUT2D eigenvalue weighted by molar-refractivity contribution is -0.140. The van der Waals surface area contributed by atoms with Gasteiger partial charge in [-0.2, -0.15) is 0 Å². The number of para-hydroxylation sites is 2. The van der Waals surface area contributed by atoms with E-state index in [1.807, 2.05) is 6.92 Å². The zero-order valence-corrected chi connectivity index (χ0v) is 25.2. The molecule has 3 aromatic carbocycles. The van der Waals surface area contributed by atoms with Crippen LogP contribution in [0.2, 0.25) is 10.0 Å². The number of benzene rings is 3. The number of hydrogen-bond acceptors (Lipinski definition) is 5. The summed E-state index contributed by atoms with van der Waals surface area (Å²) in [7, 11) is -2.81. The number of hydrogen-bond donors (Lipinski definition) is 1. The molecule has 3 aromatic rings. The van der Waals surface area contributed by atoms with E-state index in [0.29, 0.717) is 22.2 Å². The monoisotopic (exact) mass is 605 g/mol. The summed E-state index contributed by atoms with van der Waals surface area (Å²) in [6.07, 6.45) is 0.277. The smallest absolute Gasteiger partial charge is 0.264 e. The highest BCUT2D eigenvalue weighted by Gasteiger charge is 2.35. The molecule has 3 rings (SSSR count). The number of nitrogens with zero attached hydrogens (tertiary/aromatic N) is 2. The minimum atomic E-state index is -4.23. The maximum atomic E-state index is 14.1. The second-order valence-electron chi connectivity index (χ2n) is 9.04. The summed E-state index contributed by atoms with van der Waals surface area (Å²) < 4.78 is 34.4. The molecule has 0 aliphatic heterocycles. The molecule has 8 nitrogen and oxygen atoms in total. The van der Waals surface area contributed by atoms with E-state index in [1.165, 1.54) is 24.1 Å². The first-order valence-corrected chi connectivity index (χ1v) is 15.0. The summed E-state index contributed by atoms with van der Waals surface area (Å²) in [6, 6.07) is 16.9. The third kappa shape index (κ3) is 7.08. The summed E-state index contributed by atoms with van der Waals surface area (Å²) in [4.78, 5) is 28.5. The molecule has 0 spiro atoms. The Morgan fingerprint density at radius 3 is 2.15 bits per heavy atom. The van der Waals surface area contributed by atoms with Crippen LogP contribution in [0, 0.1) is 6.92 Å². The van der Waals surface area contributed by atoms with Gasteiger partial charge in [-0.3, -0.25) is 13.9 Å². The number of sulfonamides is 1. The number of nitrogens with one attached hydrogen (secondary N) is 1. The van der Waals surface area contributed by atoms with E-state index in [-0.39, 0.29) is 35.2 Å². The zero-order chi connectivity index (χ0) is 29.4. The van der Waals surface area contributed by atoms with E-state index in [4.69, 9.17) is 27.9 Å². The first-order chi connectivity index (χ1) is 19.0. The highest BCUT2D eigenvalue weighted by molar-refractivity contribution is 7.92. The Balaban J connectivity index is 2.14. The number of anilines is 1. The van der Waals surface area contributed by atoms with Gasteiger partial charge in [0.15, 0.2) is 0 Å². The van der Waals surface area contributed by atoms with Gasteiger partial charge in [0.05, 0.1) is 17.7 Å². The second-order valence-corrected chi connectivity index (χ2v) is 11.7. The van der Waals surface area contributed by atoms with Crippen LogP contribution in [0.15, 0.2) is 71.6 Å². The molecule has 2 amide bonds. The summed E-state index contributed by atoms with van der Waals surface area (Å²) in [5, 5.41) is 3.41. The Kier molecular flexibility index (Phi) is 10.8. The molecular weight excluding hydrogens is 573 g/mol. The molecule has 0 fully saturated rings. The van der Waals surface area contributed by atoms with E-state index in [1.54, 1.807) is 68.4 Å². The van der Waals surface area contributed by atoms with Crippen LogP contribution in [-0.4, -0.2) is 51.4 Å². The second kappa shape index (κ2) is 13.9. The highest BCUT2D eigenvalue weighted by atomic mass is 35.5. The number of methoxy groups -OCH3 is 1. The van der Waals surface area contributed by atoms with Crippen molar-refractivity contribution in [1.29, 1.82) is 0 Å². The van der Waals surface area contributed by atoms with E-state index in [2.05, 4.69) is 5.32 Å². The third-order valence-corrected chi connectivity index (χ3v) is 8.85. The van der Waals surface area contributed by atoms with Gasteiger partial charge in [-0.05, 0) is 56.7 Å². The topological polar surface area (TPSA) is 96.0 Å². The SMILES string of the molecule is CCNC(=O)C(CC)N(Cc1c(Cl)cccc1Cl)C(=O)CN(c1ccccc1OC)S(=O)(=O)c1ccc(C)cc1. The maximum Gasteiger partial charge on any atom is 0.264 e. The van der Waals surface area contributed by atoms with Gasteiger partial charge in [0, 0.05) is 28.7 Å². The fraction of sp³-hybridized carbons (Fsp3) is 0.310. The van der Waals surface area contributed by atoms with Gasteiger partial charge < -0.3 is 15.0 Å². The normalized spacial score (nSPS) is 11.9. The summed E-state index contributed by atoms with van der Waals surface area (Å²) >= 11 is 12.9. The largest absolute Gasteiger partial charge is 0.495 e. The van der Waals surface area contributed by atoms with Gasteiger partial charge in [-0.25, -0.2) is 8.42 Å². The van der Waals surface area contributed by atoms with Gasteiger partial charge in [0.25, 0.3) is 10.0 Å². The van der Waals surface area contributed by atoms with Crippen molar-refractivity contribution in [3.8, 4) is 5.75 Å². The third-order valence-electron chi connectivity index (χ3n) is 6.37. The molecule has 40 heavy (non-hydrogen) atoms. The van der Waals surface area contributed by atoms with Gasteiger partial charge in [-0.15, -0.1) is 0 Å². The number of carbonyl (C=O) groups excluding carboxylic acids is 2. The molecule has 0 heterocycles. The first kappa shape index (κ1) is 31.3. The van der Waals surface area contributed by atoms with Crippen molar-refractivity contribution in [3.63, 3.8) is 0 Å². The van der Waals surface area contributed by atoms with Crippen molar-refractivity contribution in [2.45, 2.75) is 44.7 Å². The lowest BCUT2D eigenvalue weighted by Crippen LogP contribution is -2.52. The molecular formula is C29H33Cl2N3O5S. The van der Waals surface area contributed by atoms with E-state index >= 15 is 0 Å². The van der Waals surface area contributed by atoms with Crippen molar-refractivity contribution < 1.29 is 22.7 Å². The summed E-state index contributed by atoms with van der Waals surface area (Å²) in [6.45, 7) is 5.06. The number of ether oxygens (including phenoxy) is 1. The van der Waals surface area contributed by atoms with Crippen LogP contribution in [0.25, 0.3) is 0 Å². The van der Waals surface area contributed by atoms with Crippen LogP contribution in [0.3, 0.4) is 0 Å². The fourth-order valence-electron chi connectivity index (χ4n) is 4.25. The Morgan fingerprint density at radius 2 is 1.57 bits per heavy atom. The van der Waals surface area contributed by atoms with Crippen LogP contribution in [0.5, 0.6) is 5.75 Å². The lowest BCUT2D eigenvalue weighted by Gasteiger charge is -2.33. The van der Waals surface area contributed by atoms with Crippen molar-refractivity contribution in [2.75, 3.05) is 24.5 Å². The van der Waals surface area contributed by atoms with E-state index in [9.17, 15) is 18.0 Å². The van der Waals surface area contributed by atoms with Crippen LogP contribution >= 0.6 is 23.2 Å². The van der Waals surface area contributed by atoms with Gasteiger partial charge >= 0.3 is 0 Å². The van der Waals surface area contributed by atoms with Gasteiger partial charge in [0.1, 0.15) is 18.3 Å². The van der Waals surface area contributed by atoms with Crippen molar-refractivity contribution in [2.24, 2.45) is 0 Å². The van der Waals surface area contributed by atoms with Gasteiger partial charge in [-0.1, -0.05) is 66.0 Å². The van der Waals surface area contributed by atoms with E-state index < -0.39 is 28.5 Å². The molecule has 214 valence electrons. The quantitative estimate of drug-likeness (QED) is 0.296. The predicted molar refractivity (Wildman–Crippen MR) is 158 cm³/mol. The Bertz CT molecular complexity index is 1430. The molecule has 0 radical (unpaired) electrons. The highest BCUT2D eigenvalue weighted by Crippen LogP contribution is 2.33. The number of amides is 2. The number of likely N-dealkylation sites (N-methyl/N-ethyl adjacent to an activating group) is 1. The standard InChI is InChI=1S/C29H33Cl2N3O5S/c1-5-25(29(36)32-6-2)33(18-22-23(30)10-9-11-24(22)31)28(35)19-34(26-12-7-8-13-27(26)39-4)40(37,38)21-16-14-20(3)15-17-21/h7-17,25H,5-6,18-19H2,1-4H3,(H,32,36). The minimum absolute atomic E-state index is 0.00766. The van der Waals surface area contributed by atoms with Crippen LogP contribution in [0.4, 0.5) is 5.69 Å². The van der Waals surface area contributed by atoms with Crippen molar-refractivity contribution >= 4 is 50.7 Å². The van der Waals surface area contributed by atoms with E-state index in [0.717, 1.165) is 9.87 Å². The molecule has 1 unspecified atom stereocenters.